The van der Waals surface area contributed by atoms with Crippen LogP contribution in [0.4, 0.5) is 14.0 Å². The lowest BCUT2D eigenvalue weighted by Gasteiger charge is -2.27. The number of carbonyl (C=O) groups is 4. The molecule has 2 atom stereocenters. The highest BCUT2D eigenvalue weighted by atomic mass is 19.1. The lowest BCUT2D eigenvalue weighted by Crippen LogP contribution is -2.48. The predicted molar refractivity (Wildman–Crippen MR) is 193 cm³/mol. The molecule has 0 aliphatic carbocycles. The summed E-state index contributed by atoms with van der Waals surface area (Å²) >= 11 is 0. The van der Waals surface area contributed by atoms with E-state index in [2.05, 4.69) is 64.3 Å². The zero-order valence-corrected chi connectivity index (χ0v) is 29.7. The summed E-state index contributed by atoms with van der Waals surface area (Å²) in [6.45, 7) is 2.48. The molecule has 1 aliphatic rings. The Labute approximate surface area is 306 Å². The molecule has 1 aliphatic heterocycles. The Morgan fingerprint density at radius 3 is 2.55 bits per heavy atom. The van der Waals surface area contributed by atoms with E-state index in [0.717, 1.165) is 41.7 Å². The van der Waals surface area contributed by atoms with Crippen LogP contribution in [0.5, 0.6) is 0 Å². The number of hydrogen-bond acceptors (Lipinski definition) is 8. The number of methoxy groups -OCH3 is 2. The second-order valence-electron chi connectivity index (χ2n) is 12.2. The Hall–Kier alpha value is -6.35. The number of aromatic nitrogens is 4. The number of nitrogens with one attached hydrogen (secondary N) is 5. The van der Waals surface area contributed by atoms with Crippen molar-refractivity contribution < 1.29 is 33.0 Å². The fraction of sp³-hybridized carbons (Fsp3) is 0.368. The number of fused-ring (bicyclic) bond motifs is 1. The summed E-state index contributed by atoms with van der Waals surface area (Å²) < 4.78 is 24.5. The second kappa shape index (κ2) is 18.2. The zero-order chi connectivity index (χ0) is 37.7. The van der Waals surface area contributed by atoms with Crippen molar-refractivity contribution >= 4 is 35.0 Å². The lowest BCUT2D eigenvalue weighted by atomic mass is 10.1. The topological polar surface area (TPSA) is 183 Å². The molecule has 15 heteroatoms. The molecule has 2 unspecified atom stereocenters. The number of H-pyrrole nitrogens is 2. The van der Waals surface area contributed by atoms with E-state index in [0.29, 0.717) is 48.6 Å². The van der Waals surface area contributed by atoms with Crippen LogP contribution in [0.25, 0.3) is 22.3 Å². The summed E-state index contributed by atoms with van der Waals surface area (Å²) in [7, 11) is 2.47. The summed E-state index contributed by atoms with van der Waals surface area (Å²) in [5.41, 5.74) is 3.65. The van der Waals surface area contributed by atoms with E-state index in [1.165, 1.54) is 20.3 Å². The molecule has 0 bridgehead atoms. The largest absolute Gasteiger partial charge is 0.453 e. The highest BCUT2D eigenvalue weighted by Crippen LogP contribution is 2.33. The quantitative estimate of drug-likeness (QED) is 0.107. The van der Waals surface area contributed by atoms with Gasteiger partial charge in [-0.1, -0.05) is 11.8 Å². The monoisotopic (exact) mass is 724 g/mol. The molecular formula is C38H41FN8O6. The second-order valence-corrected chi connectivity index (χ2v) is 12.2. The molecule has 1 saturated heterocycles. The molecule has 5 N–H and O–H groups in total. The molecule has 4 aromatic rings. The molecule has 53 heavy (non-hydrogen) atoms. The van der Waals surface area contributed by atoms with Crippen LogP contribution in [-0.4, -0.2) is 88.7 Å². The molecule has 0 radical (unpaired) electrons. The van der Waals surface area contributed by atoms with Gasteiger partial charge in [-0.15, -0.1) is 11.8 Å². The third-order valence-corrected chi connectivity index (χ3v) is 8.59. The van der Waals surface area contributed by atoms with Gasteiger partial charge in [0.05, 0.1) is 49.7 Å². The van der Waals surface area contributed by atoms with Crippen LogP contribution in [0.3, 0.4) is 0 Å². The number of hydrogen-bond donors (Lipinski definition) is 5. The van der Waals surface area contributed by atoms with Crippen LogP contribution >= 0.6 is 0 Å². The number of imidazole rings is 2. The number of aromatic amines is 2. The fourth-order valence-corrected chi connectivity index (χ4v) is 5.91. The summed E-state index contributed by atoms with van der Waals surface area (Å²) in [6, 6.07) is 9.14. The van der Waals surface area contributed by atoms with Crippen molar-refractivity contribution in [2.75, 3.05) is 33.9 Å². The maximum atomic E-state index is 15.4. The number of halogens is 1. The van der Waals surface area contributed by atoms with Gasteiger partial charge in [0.1, 0.15) is 23.5 Å². The minimum Gasteiger partial charge on any atom is -0.453 e. The molecular weight excluding hydrogens is 683 g/mol. The lowest BCUT2D eigenvalue weighted by molar-refractivity contribution is -0.134. The molecule has 2 aromatic carbocycles. The highest BCUT2D eigenvalue weighted by molar-refractivity contribution is 5.86. The third-order valence-electron chi connectivity index (χ3n) is 8.59. The molecule has 14 nitrogen and oxygen atoms in total. The molecule has 3 heterocycles. The highest BCUT2D eigenvalue weighted by Gasteiger charge is 2.36. The van der Waals surface area contributed by atoms with Crippen LogP contribution in [0.15, 0.2) is 42.6 Å². The average Bonchev–Trinajstić information content (AvgIpc) is 3.94. The predicted octanol–water partition coefficient (Wildman–Crippen LogP) is 4.09. The third kappa shape index (κ3) is 10.1. The van der Waals surface area contributed by atoms with Crippen LogP contribution in [0, 0.1) is 29.5 Å². The molecule has 1 fully saturated rings. The van der Waals surface area contributed by atoms with Crippen LogP contribution < -0.4 is 16.0 Å². The Bertz CT molecular complexity index is 2090. The van der Waals surface area contributed by atoms with E-state index >= 15 is 4.39 Å². The summed E-state index contributed by atoms with van der Waals surface area (Å²) in [5, 5.41) is 7.65. The number of ether oxygens (including phenoxy) is 2. The number of unbranched alkanes of at least 4 members (excludes halogenated alkanes) is 1. The number of carbonyl (C=O) groups excluding carboxylic acids is 4. The van der Waals surface area contributed by atoms with Crippen molar-refractivity contribution in [1.29, 1.82) is 0 Å². The van der Waals surface area contributed by atoms with Gasteiger partial charge in [-0.05, 0) is 69.0 Å². The molecule has 276 valence electrons. The smallest absolute Gasteiger partial charge is 0.407 e. The molecule has 5 rings (SSSR count). The van der Waals surface area contributed by atoms with E-state index in [-0.39, 0.29) is 30.8 Å². The number of amides is 4. The first-order valence-electron chi connectivity index (χ1n) is 17.2. The Morgan fingerprint density at radius 1 is 1.02 bits per heavy atom. The van der Waals surface area contributed by atoms with Crippen LogP contribution in [0.2, 0.25) is 0 Å². The van der Waals surface area contributed by atoms with E-state index in [1.807, 2.05) is 18.2 Å². The number of likely N-dealkylation sites (tertiary alicyclic amines) is 1. The SMILES string of the molecule is CC#CCC(NC(=O)OC)C(=O)N1CCCC1c1ncc(-c2ccc(C#Cc3ccc4nc(CCCCNC(=O)CNC(=O)OC)[nH]c4c3)cc2F)[nH]1. The first kappa shape index (κ1) is 37.9. The molecule has 2 aromatic heterocycles. The summed E-state index contributed by atoms with van der Waals surface area (Å²) in [6.07, 6.45) is 3.95. The van der Waals surface area contributed by atoms with E-state index < -0.39 is 24.0 Å². The number of nitrogens with zero attached hydrogens (tertiary/aromatic N) is 3. The van der Waals surface area contributed by atoms with Gasteiger partial charge >= 0.3 is 12.2 Å². The van der Waals surface area contributed by atoms with Gasteiger partial charge in [-0.25, -0.2) is 23.9 Å². The fourth-order valence-electron chi connectivity index (χ4n) is 5.91. The Morgan fingerprint density at radius 2 is 1.79 bits per heavy atom. The minimum absolute atomic E-state index is 0.142. The van der Waals surface area contributed by atoms with Crippen LogP contribution in [0.1, 0.15) is 67.8 Å². The number of benzene rings is 2. The normalized spacial score (nSPS) is 14.0. The van der Waals surface area contributed by atoms with Gasteiger partial charge < -0.3 is 40.3 Å². The van der Waals surface area contributed by atoms with Gasteiger partial charge in [0, 0.05) is 42.6 Å². The molecule has 4 amide bonds. The zero-order valence-electron chi connectivity index (χ0n) is 29.7. The van der Waals surface area contributed by atoms with Gasteiger partial charge in [0.25, 0.3) is 0 Å². The summed E-state index contributed by atoms with van der Waals surface area (Å²) in [4.78, 5) is 65.4. The Kier molecular flexibility index (Phi) is 13.0. The minimum atomic E-state index is -0.871. The van der Waals surface area contributed by atoms with Crippen molar-refractivity contribution in [2.24, 2.45) is 0 Å². The Balaban J connectivity index is 1.18. The van der Waals surface area contributed by atoms with E-state index in [4.69, 9.17) is 4.74 Å². The van der Waals surface area contributed by atoms with Crippen molar-refractivity contribution in [3.05, 3.63) is 71.2 Å². The maximum Gasteiger partial charge on any atom is 0.407 e. The van der Waals surface area contributed by atoms with Crippen molar-refractivity contribution in [3.63, 3.8) is 0 Å². The van der Waals surface area contributed by atoms with Crippen molar-refractivity contribution in [2.45, 2.75) is 57.5 Å². The first-order valence-corrected chi connectivity index (χ1v) is 17.2. The van der Waals surface area contributed by atoms with Crippen molar-refractivity contribution in [3.8, 4) is 34.9 Å². The molecule has 0 saturated carbocycles. The van der Waals surface area contributed by atoms with E-state index in [9.17, 15) is 19.2 Å². The number of rotatable bonds is 12. The average molecular weight is 725 g/mol. The van der Waals surface area contributed by atoms with Crippen LogP contribution in [-0.2, 0) is 25.5 Å². The standard InChI is InChI=1S/C38H41FN8O6/c1-4-5-9-29(46-38(51)53-3)36(49)47-19-8-10-32(47)35-41-22-31(45-35)26-16-14-24(20-27(26)39)12-13-25-15-17-28-30(21-25)44-33(43-28)11-6-7-18-40-34(48)23-42-37(50)52-2/h14-17,20-22,29,32H,6-11,18-19,23H2,1-3H3,(H,40,48)(H,41,45)(H,42,50)(H,43,44)(H,46,51). The number of alkyl carbamates (subject to hydrolysis) is 2. The molecule has 0 spiro atoms. The van der Waals surface area contributed by atoms with Gasteiger partial charge in [0.2, 0.25) is 11.8 Å². The van der Waals surface area contributed by atoms with Gasteiger partial charge in [-0.3, -0.25) is 9.59 Å². The van der Waals surface area contributed by atoms with Gasteiger partial charge in [-0.2, -0.15) is 0 Å². The van der Waals surface area contributed by atoms with Gasteiger partial charge in [0.15, 0.2) is 0 Å². The maximum absolute atomic E-state index is 15.4. The van der Waals surface area contributed by atoms with Crippen molar-refractivity contribution in [1.82, 2.24) is 40.8 Å². The first-order chi connectivity index (χ1) is 25.7. The number of aryl methyl sites for hydroxylation is 1. The van der Waals surface area contributed by atoms with E-state index in [1.54, 1.807) is 30.2 Å². The summed E-state index contributed by atoms with van der Waals surface area (Å²) in [5.74, 6) is 12.0.